The number of β-amino-alcohol motifs (C(OH)–C–C–N with tert-alkyl or cyclic N) is 1. The number of aliphatic hydroxyl groups excluding tert-OH is 1. The average Bonchev–Trinajstić information content (AvgIpc) is 3.67. The molecule has 1 fully saturated rings. The molecular formula is C27H30FN9O3S. The van der Waals surface area contributed by atoms with Gasteiger partial charge in [-0.25, -0.2) is 19.3 Å². The zero-order valence-corrected chi connectivity index (χ0v) is 23.4. The molecule has 14 heteroatoms. The number of carbonyl (C=O) groups is 2. The van der Waals surface area contributed by atoms with Crippen LogP contribution in [0, 0.1) is 5.82 Å². The van der Waals surface area contributed by atoms with E-state index in [1.165, 1.54) is 40.6 Å². The molecule has 0 aliphatic carbocycles. The van der Waals surface area contributed by atoms with Crippen molar-refractivity contribution in [3.05, 3.63) is 61.1 Å². The first-order chi connectivity index (χ1) is 19.8. The first-order valence-corrected chi connectivity index (χ1v) is 13.8. The Balaban J connectivity index is 1.20. The largest absolute Gasteiger partial charge is 0.391 e. The Bertz CT molecular complexity index is 1570. The van der Waals surface area contributed by atoms with E-state index in [1.54, 1.807) is 24.8 Å². The minimum Gasteiger partial charge on any atom is -0.391 e. The van der Waals surface area contributed by atoms with E-state index in [9.17, 15) is 19.1 Å². The van der Waals surface area contributed by atoms with Gasteiger partial charge >= 0.3 is 0 Å². The number of nitrogens with one attached hydrogen (secondary N) is 2. The lowest BCUT2D eigenvalue weighted by Gasteiger charge is -2.22. The summed E-state index contributed by atoms with van der Waals surface area (Å²) >= 11 is 1.26. The Kier molecular flexibility index (Phi) is 8.61. The third-order valence-electron chi connectivity index (χ3n) is 6.49. The predicted molar refractivity (Wildman–Crippen MR) is 153 cm³/mol. The Morgan fingerprint density at radius 2 is 2.10 bits per heavy atom. The van der Waals surface area contributed by atoms with E-state index in [0.717, 1.165) is 5.52 Å². The first-order valence-electron chi connectivity index (χ1n) is 13.0. The summed E-state index contributed by atoms with van der Waals surface area (Å²) in [4.78, 5) is 46.7. The Labute approximate surface area is 239 Å². The summed E-state index contributed by atoms with van der Waals surface area (Å²) in [6.45, 7) is 1.44. The molecular weight excluding hydrogens is 549 g/mol. The molecule has 4 aromatic rings. The number of carbonyl (C=O) groups excluding carboxylic acids is 2. The van der Waals surface area contributed by atoms with Crippen LogP contribution in [0.3, 0.4) is 0 Å². The van der Waals surface area contributed by atoms with Crippen LogP contribution in [0.25, 0.3) is 21.6 Å². The lowest BCUT2D eigenvalue weighted by Crippen LogP contribution is -2.46. The van der Waals surface area contributed by atoms with Crippen molar-refractivity contribution in [2.24, 2.45) is 0 Å². The number of imidazole rings is 1. The van der Waals surface area contributed by atoms with Crippen LogP contribution in [-0.2, 0) is 16.1 Å². The molecule has 5 rings (SSSR count). The molecule has 0 unspecified atom stereocenters. The highest BCUT2D eigenvalue weighted by molar-refractivity contribution is 7.18. The quantitative estimate of drug-likeness (QED) is 0.241. The number of likely N-dealkylation sites (N-methyl/N-ethyl adjacent to an activating group) is 1. The Hall–Kier alpha value is -4.27. The zero-order valence-electron chi connectivity index (χ0n) is 22.6. The number of likely N-dealkylation sites (tertiary alicyclic amines) is 1. The number of halogens is 1. The number of thiazole rings is 1. The van der Waals surface area contributed by atoms with Crippen molar-refractivity contribution in [2.75, 3.05) is 39.0 Å². The fourth-order valence-corrected chi connectivity index (χ4v) is 5.33. The number of fused-ring (bicyclic) bond motifs is 1. The second-order valence-electron chi connectivity index (χ2n) is 9.84. The number of pyridine rings is 2. The van der Waals surface area contributed by atoms with Gasteiger partial charge in [0.05, 0.1) is 29.0 Å². The van der Waals surface area contributed by atoms with Gasteiger partial charge in [0.15, 0.2) is 5.13 Å². The van der Waals surface area contributed by atoms with Crippen LogP contribution < -0.4 is 10.6 Å². The van der Waals surface area contributed by atoms with Crippen LogP contribution in [0.4, 0.5) is 15.3 Å². The van der Waals surface area contributed by atoms with Gasteiger partial charge in [-0.15, -0.1) is 0 Å². The summed E-state index contributed by atoms with van der Waals surface area (Å²) in [5, 5.41) is 16.7. The van der Waals surface area contributed by atoms with Crippen LogP contribution in [0.15, 0.2) is 55.3 Å². The monoisotopic (exact) mass is 579 g/mol. The summed E-state index contributed by atoms with van der Waals surface area (Å²) < 4.78 is 16.0. The van der Waals surface area contributed by atoms with Crippen LogP contribution in [0.1, 0.15) is 6.42 Å². The third-order valence-corrected chi connectivity index (χ3v) is 7.41. The number of hydrogen-bond donors (Lipinski definition) is 3. The number of nitrogens with zero attached hydrogens (tertiary/aromatic N) is 7. The summed E-state index contributed by atoms with van der Waals surface area (Å²) in [7, 11) is 3.79. The lowest BCUT2D eigenvalue weighted by atomic mass is 10.2. The molecule has 0 spiro atoms. The number of amides is 2. The minimum absolute atomic E-state index is 0.121. The van der Waals surface area contributed by atoms with Gasteiger partial charge in [0.2, 0.25) is 11.8 Å². The third kappa shape index (κ3) is 6.73. The maximum atomic E-state index is 14.1. The number of hydrogen-bond acceptors (Lipinski definition) is 10. The maximum absolute atomic E-state index is 14.1. The first kappa shape index (κ1) is 28.3. The van der Waals surface area contributed by atoms with E-state index in [1.807, 2.05) is 29.6 Å². The molecule has 0 bridgehead atoms. The standard InChI is InChI=1S/C27H30FN9O3S/c1-35(2)9-4-6-24(39)37-15-17(38)11-21(37)26(40)30-8-10-36-16-33-19-13-31-23(12-20(19)36)34-27-32-14-22(41-27)25-18(28)5-3-7-29-25/h3-7,12-14,16-17,21,38H,8-11,15H2,1-2H3,(H,30,40)(H,31,32,34)/b6-4+/t17-,21+/m1/s1. The summed E-state index contributed by atoms with van der Waals surface area (Å²) in [6, 6.07) is 3.98. The highest BCUT2D eigenvalue weighted by Crippen LogP contribution is 2.31. The second kappa shape index (κ2) is 12.5. The second-order valence-corrected chi connectivity index (χ2v) is 10.9. The van der Waals surface area contributed by atoms with E-state index in [4.69, 9.17) is 0 Å². The van der Waals surface area contributed by atoms with Crippen molar-refractivity contribution in [3.8, 4) is 10.6 Å². The minimum atomic E-state index is -0.746. The zero-order chi connectivity index (χ0) is 28.9. The highest BCUT2D eigenvalue weighted by atomic mass is 32.1. The van der Waals surface area contributed by atoms with E-state index in [2.05, 4.69) is 30.6 Å². The molecule has 0 radical (unpaired) electrons. The lowest BCUT2D eigenvalue weighted by molar-refractivity contribution is -0.135. The molecule has 3 N–H and O–H groups in total. The van der Waals surface area contributed by atoms with E-state index in [0.29, 0.717) is 41.0 Å². The van der Waals surface area contributed by atoms with Crippen molar-refractivity contribution in [1.29, 1.82) is 0 Å². The van der Waals surface area contributed by atoms with E-state index in [-0.39, 0.29) is 30.5 Å². The molecule has 0 saturated carbocycles. The van der Waals surface area contributed by atoms with Crippen molar-refractivity contribution < 1.29 is 19.1 Å². The smallest absolute Gasteiger partial charge is 0.247 e. The normalized spacial score (nSPS) is 17.1. The Morgan fingerprint density at radius 1 is 1.24 bits per heavy atom. The molecule has 2 amide bonds. The summed E-state index contributed by atoms with van der Waals surface area (Å²) in [6.07, 6.45) is 9.01. The topological polar surface area (TPSA) is 141 Å². The molecule has 4 aromatic heterocycles. The SMILES string of the molecule is CN(C)C/C=C/C(=O)N1C[C@H](O)C[C@H]1C(=O)NCCn1cnc2cnc(Nc3ncc(-c4ncccc4F)s3)cc21. The van der Waals surface area contributed by atoms with Gasteiger partial charge in [0.25, 0.3) is 0 Å². The van der Waals surface area contributed by atoms with Crippen molar-refractivity contribution in [3.63, 3.8) is 0 Å². The van der Waals surface area contributed by atoms with Crippen LogP contribution >= 0.6 is 11.3 Å². The molecule has 1 saturated heterocycles. The van der Waals surface area contributed by atoms with Gasteiger partial charge < -0.3 is 30.1 Å². The van der Waals surface area contributed by atoms with Crippen molar-refractivity contribution in [1.82, 2.24) is 39.6 Å². The molecule has 1 aliphatic heterocycles. The number of rotatable bonds is 10. The Morgan fingerprint density at radius 3 is 2.90 bits per heavy atom. The maximum Gasteiger partial charge on any atom is 0.247 e. The fourth-order valence-electron chi connectivity index (χ4n) is 4.51. The van der Waals surface area contributed by atoms with Gasteiger partial charge in [-0.3, -0.25) is 14.6 Å². The highest BCUT2D eigenvalue weighted by Gasteiger charge is 2.37. The van der Waals surface area contributed by atoms with Crippen LogP contribution in [-0.4, -0.2) is 97.1 Å². The molecule has 2 atom stereocenters. The van der Waals surface area contributed by atoms with Crippen LogP contribution in [0.5, 0.6) is 0 Å². The number of aliphatic hydroxyl groups is 1. The fraction of sp³-hybridized carbons (Fsp3) is 0.333. The van der Waals surface area contributed by atoms with Crippen molar-refractivity contribution in [2.45, 2.75) is 25.1 Å². The molecule has 12 nitrogen and oxygen atoms in total. The van der Waals surface area contributed by atoms with E-state index >= 15 is 0 Å². The van der Waals surface area contributed by atoms with Crippen molar-refractivity contribution >= 4 is 45.1 Å². The molecule has 214 valence electrons. The van der Waals surface area contributed by atoms with Gasteiger partial charge in [-0.05, 0) is 26.2 Å². The molecule has 0 aromatic carbocycles. The van der Waals surface area contributed by atoms with Gasteiger partial charge in [0, 0.05) is 57.1 Å². The summed E-state index contributed by atoms with van der Waals surface area (Å²) in [5.41, 5.74) is 1.71. The predicted octanol–water partition coefficient (Wildman–Crippen LogP) is 2.03. The van der Waals surface area contributed by atoms with Gasteiger partial charge in [0.1, 0.15) is 28.9 Å². The van der Waals surface area contributed by atoms with E-state index < -0.39 is 18.0 Å². The molecule has 5 heterocycles. The van der Waals surface area contributed by atoms with Gasteiger partial charge in [-0.1, -0.05) is 17.4 Å². The molecule has 41 heavy (non-hydrogen) atoms. The summed E-state index contributed by atoms with van der Waals surface area (Å²) in [5.74, 6) is -0.497. The van der Waals surface area contributed by atoms with Gasteiger partial charge in [-0.2, -0.15) is 0 Å². The molecule has 1 aliphatic rings. The van der Waals surface area contributed by atoms with Crippen LogP contribution in [0.2, 0.25) is 0 Å². The number of aromatic nitrogens is 5. The number of anilines is 2. The average molecular weight is 580 g/mol.